The van der Waals surface area contributed by atoms with Crippen LogP contribution in [0.25, 0.3) is 0 Å². The molecule has 4 aliphatic rings. The molecule has 1 saturated carbocycles. The normalized spacial score (nSPS) is 23.8. The number of likely N-dealkylation sites (tertiary alicyclic amines) is 1. The van der Waals surface area contributed by atoms with Gasteiger partial charge in [-0.2, -0.15) is 13.2 Å². The number of aromatic nitrogens is 3. The molecule has 1 aromatic carbocycles. The van der Waals surface area contributed by atoms with Crippen molar-refractivity contribution in [3.8, 4) is 5.75 Å². The monoisotopic (exact) mass is 745 g/mol. The summed E-state index contributed by atoms with van der Waals surface area (Å²) in [5, 5.41) is 11.6. The van der Waals surface area contributed by atoms with Gasteiger partial charge in [0.1, 0.15) is 6.10 Å². The van der Waals surface area contributed by atoms with Crippen molar-refractivity contribution in [2.75, 3.05) is 38.1 Å². The molecular formula is C40H49F6N5O2. The highest BCUT2D eigenvalue weighted by Crippen LogP contribution is 2.52. The molecule has 0 amide bonds. The van der Waals surface area contributed by atoms with E-state index in [1.807, 2.05) is 13.8 Å². The molecule has 1 N–H and O–H groups in total. The minimum absolute atomic E-state index is 0.0300. The van der Waals surface area contributed by atoms with Crippen molar-refractivity contribution < 1.29 is 36.2 Å². The predicted octanol–water partition coefficient (Wildman–Crippen LogP) is 9.11. The molecule has 3 aromatic rings. The summed E-state index contributed by atoms with van der Waals surface area (Å²) in [5.41, 5.74) is 1.27. The van der Waals surface area contributed by atoms with Gasteiger partial charge in [-0.3, -0.25) is 4.98 Å². The Balaban J connectivity index is 1.22. The molecule has 288 valence electrons. The third-order valence-corrected chi connectivity index (χ3v) is 11.8. The number of hydrogen-bond donors (Lipinski definition) is 1. The number of fused-ring (bicyclic) bond motifs is 1. The van der Waals surface area contributed by atoms with Gasteiger partial charge in [-0.1, -0.05) is 26.0 Å². The van der Waals surface area contributed by atoms with Crippen molar-refractivity contribution in [3.63, 3.8) is 0 Å². The van der Waals surface area contributed by atoms with Gasteiger partial charge >= 0.3 is 6.18 Å². The van der Waals surface area contributed by atoms with E-state index in [1.165, 1.54) is 0 Å². The van der Waals surface area contributed by atoms with Crippen LogP contribution >= 0.6 is 0 Å². The average molecular weight is 746 g/mol. The summed E-state index contributed by atoms with van der Waals surface area (Å²) in [4.78, 5) is 18.7. The Bertz CT molecular complexity index is 1730. The second-order valence-corrected chi connectivity index (χ2v) is 16.5. The summed E-state index contributed by atoms with van der Waals surface area (Å²) in [6, 6.07) is 4.03. The molecule has 0 spiro atoms. The van der Waals surface area contributed by atoms with E-state index in [0.29, 0.717) is 73.0 Å². The molecule has 2 aliphatic heterocycles. The summed E-state index contributed by atoms with van der Waals surface area (Å²) >= 11 is 0. The third-order valence-electron chi connectivity index (χ3n) is 11.8. The van der Waals surface area contributed by atoms with Crippen molar-refractivity contribution >= 4 is 5.95 Å². The van der Waals surface area contributed by atoms with Gasteiger partial charge in [0, 0.05) is 61.8 Å². The lowest BCUT2D eigenvalue weighted by Crippen LogP contribution is -2.36. The number of anilines is 1. The second kappa shape index (κ2) is 14.7. The van der Waals surface area contributed by atoms with Gasteiger partial charge in [-0.05, 0) is 93.0 Å². The van der Waals surface area contributed by atoms with E-state index in [2.05, 4.69) is 26.8 Å². The summed E-state index contributed by atoms with van der Waals surface area (Å²) < 4.78 is 92.9. The number of alkyl halides is 6. The van der Waals surface area contributed by atoms with Crippen molar-refractivity contribution in [1.29, 1.82) is 0 Å². The number of halogens is 6. The van der Waals surface area contributed by atoms with Crippen LogP contribution in [0.4, 0.5) is 32.3 Å². The SMILES string of the molecule is CN1CCC(Oc2cnc(N3CCC(c4nc5c(c(C6CCC(F)(F)CC6)c4[C@@H](F)c4ccc(C(F)(F)F)cc4)[C@@H](O)CC(C)(C)C5)CC3)nc2)CC1. The molecule has 7 rings (SSSR count). The zero-order chi connectivity index (χ0) is 37.7. The largest absolute Gasteiger partial charge is 0.487 e. The maximum Gasteiger partial charge on any atom is 0.416 e. The molecule has 13 heteroatoms. The Morgan fingerprint density at radius 3 is 2.09 bits per heavy atom. The minimum atomic E-state index is -4.59. The van der Waals surface area contributed by atoms with Crippen LogP contribution in [0.3, 0.4) is 0 Å². The van der Waals surface area contributed by atoms with Crippen molar-refractivity contribution in [3.05, 3.63) is 75.9 Å². The maximum atomic E-state index is 17.3. The Kier molecular flexibility index (Phi) is 10.5. The van der Waals surface area contributed by atoms with Crippen LogP contribution in [0, 0.1) is 5.41 Å². The van der Waals surface area contributed by atoms with Gasteiger partial charge in [0.2, 0.25) is 11.9 Å². The van der Waals surface area contributed by atoms with E-state index in [-0.39, 0.29) is 54.2 Å². The van der Waals surface area contributed by atoms with E-state index in [0.717, 1.165) is 50.2 Å². The Morgan fingerprint density at radius 1 is 0.868 bits per heavy atom. The lowest BCUT2D eigenvalue weighted by molar-refractivity contribution is -0.137. The molecule has 0 bridgehead atoms. The van der Waals surface area contributed by atoms with E-state index in [4.69, 9.17) is 9.72 Å². The van der Waals surface area contributed by atoms with E-state index >= 15 is 4.39 Å². The smallest absolute Gasteiger partial charge is 0.416 e. The molecule has 2 aliphatic carbocycles. The van der Waals surface area contributed by atoms with Gasteiger partial charge in [0.25, 0.3) is 0 Å². The first kappa shape index (κ1) is 37.8. The number of aliphatic hydroxyl groups excluding tert-OH is 1. The summed E-state index contributed by atoms with van der Waals surface area (Å²) in [6.07, 6.45) is -0.471. The van der Waals surface area contributed by atoms with Gasteiger partial charge in [-0.25, -0.2) is 23.1 Å². The summed E-state index contributed by atoms with van der Waals surface area (Å²) in [5.74, 6) is -2.33. The highest BCUT2D eigenvalue weighted by molar-refractivity contribution is 5.51. The predicted molar refractivity (Wildman–Crippen MR) is 189 cm³/mol. The highest BCUT2D eigenvalue weighted by Gasteiger charge is 2.44. The number of piperidine rings is 2. The van der Waals surface area contributed by atoms with Crippen LogP contribution in [0.2, 0.25) is 0 Å². The third kappa shape index (κ3) is 8.30. The number of nitrogens with zero attached hydrogens (tertiary/aromatic N) is 5. The first-order chi connectivity index (χ1) is 25.1. The summed E-state index contributed by atoms with van der Waals surface area (Å²) in [6.45, 7) is 7.13. The lowest BCUT2D eigenvalue weighted by Gasteiger charge is -2.41. The van der Waals surface area contributed by atoms with Crippen LogP contribution < -0.4 is 9.64 Å². The first-order valence-electron chi connectivity index (χ1n) is 18.9. The van der Waals surface area contributed by atoms with Gasteiger partial charge in [0.05, 0.1) is 29.8 Å². The zero-order valence-electron chi connectivity index (χ0n) is 30.6. The molecule has 53 heavy (non-hydrogen) atoms. The molecule has 2 saturated heterocycles. The van der Waals surface area contributed by atoms with Crippen molar-refractivity contribution in [2.45, 2.75) is 120 Å². The topological polar surface area (TPSA) is 74.6 Å². The lowest BCUT2D eigenvalue weighted by atomic mass is 9.68. The summed E-state index contributed by atoms with van der Waals surface area (Å²) in [7, 11) is 2.10. The van der Waals surface area contributed by atoms with E-state index in [9.17, 15) is 27.1 Å². The fraction of sp³-hybridized carbons (Fsp3) is 0.625. The standard InChI is InChI=1S/C40H49F6N5O2/c1-38(2)20-30-33(31(52)21-38)32(24-8-14-39(42,43)15-9-24)34(35(41)25-4-6-27(7-5-25)40(44,45)46)36(49-30)26-10-18-51(19-11-26)37-47-22-29(23-48-37)53-28-12-16-50(3)17-13-28/h4-7,22-24,26,28,31,35,52H,8-21H2,1-3H3/t31-,35-/m0/s1. The van der Waals surface area contributed by atoms with E-state index in [1.54, 1.807) is 12.4 Å². The number of rotatable bonds is 7. The number of pyridine rings is 1. The first-order valence-corrected chi connectivity index (χ1v) is 18.9. The van der Waals surface area contributed by atoms with Gasteiger partial charge < -0.3 is 19.6 Å². The van der Waals surface area contributed by atoms with Crippen LogP contribution in [-0.2, 0) is 12.6 Å². The van der Waals surface area contributed by atoms with Crippen LogP contribution in [0.15, 0.2) is 36.7 Å². The van der Waals surface area contributed by atoms with Gasteiger partial charge in [0.15, 0.2) is 11.9 Å². The molecule has 4 heterocycles. The maximum absolute atomic E-state index is 17.3. The Morgan fingerprint density at radius 2 is 1.49 bits per heavy atom. The van der Waals surface area contributed by atoms with Crippen molar-refractivity contribution in [1.82, 2.24) is 19.9 Å². The minimum Gasteiger partial charge on any atom is -0.487 e. The number of benzene rings is 1. The fourth-order valence-electron chi connectivity index (χ4n) is 8.90. The Hall–Kier alpha value is -3.45. The number of ether oxygens (including phenoxy) is 1. The van der Waals surface area contributed by atoms with E-state index < -0.39 is 35.9 Å². The number of aliphatic hydroxyl groups is 1. The fourth-order valence-corrected chi connectivity index (χ4v) is 8.90. The molecule has 3 fully saturated rings. The molecule has 0 unspecified atom stereocenters. The van der Waals surface area contributed by atoms with Crippen LogP contribution in [-0.4, -0.2) is 70.2 Å². The molecule has 7 nitrogen and oxygen atoms in total. The number of hydrogen-bond acceptors (Lipinski definition) is 7. The molecular weight excluding hydrogens is 696 g/mol. The molecule has 2 atom stereocenters. The van der Waals surface area contributed by atoms with Crippen LogP contribution in [0.1, 0.15) is 135 Å². The quantitative estimate of drug-likeness (QED) is 0.242. The second-order valence-electron chi connectivity index (χ2n) is 16.5. The van der Waals surface area contributed by atoms with Crippen LogP contribution in [0.5, 0.6) is 5.75 Å². The average Bonchev–Trinajstić information content (AvgIpc) is 3.11. The van der Waals surface area contributed by atoms with Crippen molar-refractivity contribution in [2.24, 2.45) is 5.41 Å². The molecule has 0 radical (unpaired) electrons. The highest BCUT2D eigenvalue weighted by atomic mass is 19.4. The Labute approximate surface area is 307 Å². The molecule has 2 aromatic heterocycles. The zero-order valence-corrected chi connectivity index (χ0v) is 30.6. The van der Waals surface area contributed by atoms with Gasteiger partial charge in [-0.15, -0.1) is 0 Å².